The summed E-state index contributed by atoms with van der Waals surface area (Å²) in [7, 11) is 0. The van der Waals surface area contributed by atoms with Gasteiger partial charge in [-0.25, -0.2) is 4.98 Å². The first-order valence-electron chi connectivity index (χ1n) is 6.49. The van der Waals surface area contributed by atoms with Crippen LogP contribution in [0.2, 0.25) is 0 Å². The van der Waals surface area contributed by atoms with E-state index in [1.54, 1.807) is 0 Å². The van der Waals surface area contributed by atoms with Crippen LogP contribution in [0, 0.1) is 0 Å². The lowest BCUT2D eigenvalue weighted by molar-refractivity contribution is 0.112. The Morgan fingerprint density at radius 1 is 1.20 bits per heavy atom. The second-order valence-electron chi connectivity index (χ2n) is 4.35. The monoisotopic (exact) mass is 266 g/mol. The summed E-state index contributed by atoms with van der Waals surface area (Å²) >= 11 is 0. The lowest BCUT2D eigenvalue weighted by Gasteiger charge is -2.04. The molecule has 100 valence electrons. The average molecular weight is 266 g/mol. The summed E-state index contributed by atoms with van der Waals surface area (Å²) < 4.78 is 7.34. The minimum absolute atomic E-state index is 0.453. The van der Waals surface area contributed by atoms with E-state index in [0.717, 1.165) is 28.9 Å². The van der Waals surface area contributed by atoms with Crippen LogP contribution < -0.4 is 4.74 Å². The van der Waals surface area contributed by atoms with Crippen LogP contribution in [-0.4, -0.2) is 22.3 Å². The third-order valence-electron chi connectivity index (χ3n) is 3.11. The number of hydrogen-bond donors (Lipinski definition) is 0. The smallest absolute Gasteiger partial charge is 0.170 e. The number of ether oxygens (including phenoxy) is 1. The minimum Gasteiger partial charge on any atom is -0.494 e. The number of aldehydes is 1. The first-order chi connectivity index (χ1) is 9.83. The fourth-order valence-corrected chi connectivity index (χ4v) is 2.22. The highest BCUT2D eigenvalue weighted by Gasteiger charge is 2.11. The maximum atomic E-state index is 11.1. The molecule has 1 aromatic carbocycles. The van der Waals surface area contributed by atoms with Crippen molar-refractivity contribution in [3.63, 3.8) is 0 Å². The molecule has 4 heteroatoms. The van der Waals surface area contributed by atoms with Gasteiger partial charge in [-0.2, -0.15) is 0 Å². The molecule has 0 radical (unpaired) electrons. The van der Waals surface area contributed by atoms with E-state index in [2.05, 4.69) is 4.98 Å². The molecule has 2 heterocycles. The first-order valence-corrected chi connectivity index (χ1v) is 6.49. The van der Waals surface area contributed by atoms with Crippen LogP contribution >= 0.6 is 0 Å². The van der Waals surface area contributed by atoms with Crippen molar-refractivity contribution in [2.75, 3.05) is 6.61 Å². The topological polar surface area (TPSA) is 43.6 Å². The van der Waals surface area contributed by atoms with Crippen LogP contribution in [0.4, 0.5) is 0 Å². The Kier molecular flexibility index (Phi) is 3.21. The maximum absolute atomic E-state index is 11.1. The lowest BCUT2D eigenvalue weighted by atomic mass is 10.2. The summed E-state index contributed by atoms with van der Waals surface area (Å²) in [4.78, 5) is 15.5. The van der Waals surface area contributed by atoms with E-state index >= 15 is 0 Å². The van der Waals surface area contributed by atoms with Gasteiger partial charge in [-0.05, 0) is 43.3 Å². The van der Waals surface area contributed by atoms with Crippen molar-refractivity contribution in [3.8, 4) is 17.1 Å². The van der Waals surface area contributed by atoms with Crippen molar-refractivity contribution < 1.29 is 9.53 Å². The number of pyridine rings is 1. The van der Waals surface area contributed by atoms with Crippen LogP contribution in [-0.2, 0) is 0 Å². The molecule has 0 fully saturated rings. The van der Waals surface area contributed by atoms with Crippen LogP contribution in [0.25, 0.3) is 16.9 Å². The minimum atomic E-state index is 0.453. The number of aromatic nitrogens is 2. The van der Waals surface area contributed by atoms with Crippen LogP contribution in [0.15, 0.2) is 48.7 Å². The SMILES string of the molecule is CCOc1ccc(-c2nc(C=O)c3ccccn23)cc1. The molecule has 0 aliphatic rings. The van der Waals surface area contributed by atoms with Crippen molar-refractivity contribution in [1.29, 1.82) is 0 Å². The highest BCUT2D eigenvalue weighted by Crippen LogP contribution is 2.24. The second-order valence-corrected chi connectivity index (χ2v) is 4.35. The van der Waals surface area contributed by atoms with Gasteiger partial charge in [-0.15, -0.1) is 0 Å². The predicted octanol–water partition coefficient (Wildman–Crippen LogP) is 3.21. The van der Waals surface area contributed by atoms with Crippen molar-refractivity contribution >= 4 is 11.8 Å². The van der Waals surface area contributed by atoms with Gasteiger partial charge in [0.1, 0.15) is 17.3 Å². The number of fused-ring (bicyclic) bond motifs is 1. The predicted molar refractivity (Wildman–Crippen MR) is 77.2 cm³/mol. The van der Waals surface area contributed by atoms with E-state index in [1.165, 1.54) is 0 Å². The molecule has 0 spiro atoms. The summed E-state index contributed by atoms with van der Waals surface area (Å²) in [6.45, 7) is 2.59. The largest absolute Gasteiger partial charge is 0.494 e. The van der Waals surface area contributed by atoms with E-state index in [9.17, 15) is 4.79 Å². The first kappa shape index (κ1) is 12.4. The van der Waals surface area contributed by atoms with E-state index in [4.69, 9.17) is 4.74 Å². The lowest BCUT2D eigenvalue weighted by Crippen LogP contribution is -1.92. The molecule has 3 rings (SSSR count). The van der Waals surface area contributed by atoms with Gasteiger partial charge in [0.15, 0.2) is 6.29 Å². The molecule has 0 bridgehead atoms. The van der Waals surface area contributed by atoms with E-state index in [0.29, 0.717) is 12.3 Å². The Morgan fingerprint density at radius 3 is 2.70 bits per heavy atom. The molecule has 0 aliphatic carbocycles. The van der Waals surface area contributed by atoms with Crippen LogP contribution in [0.1, 0.15) is 17.4 Å². The van der Waals surface area contributed by atoms with E-state index < -0.39 is 0 Å². The zero-order valence-corrected chi connectivity index (χ0v) is 11.1. The zero-order chi connectivity index (χ0) is 13.9. The molecule has 0 saturated carbocycles. The molecule has 0 amide bonds. The van der Waals surface area contributed by atoms with Crippen LogP contribution in [0.3, 0.4) is 0 Å². The van der Waals surface area contributed by atoms with Gasteiger partial charge >= 0.3 is 0 Å². The molecule has 4 nitrogen and oxygen atoms in total. The molecular formula is C16H14N2O2. The van der Waals surface area contributed by atoms with Crippen molar-refractivity contribution in [3.05, 3.63) is 54.4 Å². The number of benzene rings is 1. The third-order valence-corrected chi connectivity index (χ3v) is 3.11. The summed E-state index contributed by atoms with van der Waals surface area (Å²) in [5, 5.41) is 0. The molecule has 0 saturated heterocycles. The van der Waals surface area contributed by atoms with Gasteiger partial charge in [0.2, 0.25) is 0 Å². The summed E-state index contributed by atoms with van der Waals surface area (Å²) in [5.41, 5.74) is 2.21. The van der Waals surface area contributed by atoms with E-state index in [-0.39, 0.29) is 0 Å². The Hall–Kier alpha value is -2.62. The zero-order valence-electron chi connectivity index (χ0n) is 11.1. The Labute approximate surface area is 116 Å². The number of hydrogen-bond acceptors (Lipinski definition) is 3. The fourth-order valence-electron chi connectivity index (χ4n) is 2.22. The molecule has 0 unspecified atom stereocenters. The average Bonchev–Trinajstić information content (AvgIpc) is 2.87. The van der Waals surface area contributed by atoms with Gasteiger partial charge < -0.3 is 4.74 Å². The highest BCUT2D eigenvalue weighted by atomic mass is 16.5. The van der Waals surface area contributed by atoms with Crippen molar-refractivity contribution in [2.24, 2.45) is 0 Å². The summed E-state index contributed by atoms with van der Waals surface area (Å²) in [5.74, 6) is 1.58. The molecule has 0 aliphatic heterocycles. The van der Waals surface area contributed by atoms with Crippen LogP contribution in [0.5, 0.6) is 5.75 Å². The molecule has 0 N–H and O–H groups in total. The fraction of sp³-hybridized carbons (Fsp3) is 0.125. The molecular weight excluding hydrogens is 252 g/mol. The Balaban J connectivity index is 2.11. The van der Waals surface area contributed by atoms with Crippen molar-refractivity contribution in [1.82, 2.24) is 9.38 Å². The Bertz CT molecular complexity index is 745. The summed E-state index contributed by atoms with van der Waals surface area (Å²) in [6, 6.07) is 13.4. The molecule has 0 atom stereocenters. The summed E-state index contributed by atoms with van der Waals surface area (Å²) in [6.07, 6.45) is 2.69. The molecule has 2 aromatic heterocycles. The number of imidazole rings is 1. The maximum Gasteiger partial charge on any atom is 0.170 e. The molecule has 20 heavy (non-hydrogen) atoms. The van der Waals surface area contributed by atoms with Gasteiger partial charge in [0.05, 0.1) is 12.1 Å². The highest BCUT2D eigenvalue weighted by molar-refractivity contribution is 5.86. The number of carbonyl (C=O) groups is 1. The van der Waals surface area contributed by atoms with Gasteiger partial charge in [-0.1, -0.05) is 6.07 Å². The standard InChI is InChI=1S/C16H14N2O2/c1-2-20-13-8-6-12(7-9-13)16-17-14(11-19)15-5-3-4-10-18(15)16/h3-11H,2H2,1H3. The number of rotatable bonds is 4. The number of carbonyl (C=O) groups excluding carboxylic acids is 1. The van der Waals surface area contributed by atoms with Gasteiger partial charge in [0, 0.05) is 11.8 Å². The molecule has 3 aromatic rings. The van der Waals surface area contributed by atoms with Crippen molar-refractivity contribution in [2.45, 2.75) is 6.92 Å². The van der Waals surface area contributed by atoms with Gasteiger partial charge in [0.25, 0.3) is 0 Å². The third kappa shape index (κ3) is 2.05. The number of nitrogens with zero attached hydrogens (tertiary/aromatic N) is 2. The quantitative estimate of drug-likeness (QED) is 0.681. The Morgan fingerprint density at radius 2 is 2.00 bits per heavy atom. The second kappa shape index (κ2) is 5.17. The van der Waals surface area contributed by atoms with Gasteiger partial charge in [-0.3, -0.25) is 9.20 Å². The normalized spacial score (nSPS) is 10.7. The van der Waals surface area contributed by atoms with E-state index in [1.807, 2.05) is 60.0 Å².